The van der Waals surface area contributed by atoms with E-state index in [2.05, 4.69) is 46.3 Å². The largest absolute Gasteiger partial charge is 0.357 e. The second kappa shape index (κ2) is 9.87. The number of aromatic amines is 1. The zero-order valence-corrected chi connectivity index (χ0v) is 21.0. The fourth-order valence-electron chi connectivity index (χ4n) is 5.91. The van der Waals surface area contributed by atoms with Crippen molar-refractivity contribution in [2.24, 2.45) is 0 Å². The third-order valence-electron chi connectivity index (χ3n) is 7.94. The first kappa shape index (κ1) is 23.5. The van der Waals surface area contributed by atoms with Crippen molar-refractivity contribution in [2.75, 3.05) is 19.6 Å². The van der Waals surface area contributed by atoms with E-state index in [0.29, 0.717) is 25.9 Å². The molecule has 0 saturated carbocycles. The van der Waals surface area contributed by atoms with Gasteiger partial charge in [0, 0.05) is 37.4 Å². The zero-order chi connectivity index (χ0) is 25.2. The third-order valence-corrected chi connectivity index (χ3v) is 7.94. The van der Waals surface area contributed by atoms with Gasteiger partial charge in [-0.15, -0.1) is 0 Å². The summed E-state index contributed by atoms with van der Waals surface area (Å²) in [5.41, 5.74) is 3.71. The van der Waals surface area contributed by atoms with Crippen LogP contribution in [0, 0.1) is 0 Å². The van der Waals surface area contributed by atoms with Gasteiger partial charge in [-0.25, -0.2) is 4.79 Å². The summed E-state index contributed by atoms with van der Waals surface area (Å²) in [5.74, 6) is -0.0420. The number of imide groups is 1. The number of piperidine rings is 1. The number of para-hydroxylation sites is 1. The molecule has 6 rings (SSSR count). The fourth-order valence-corrected chi connectivity index (χ4v) is 5.91. The zero-order valence-electron chi connectivity index (χ0n) is 21.0. The molecule has 1 aromatic heterocycles. The molecular formula is C31H32N4O2. The molecule has 0 atom stereocenters. The summed E-state index contributed by atoms with van der Waals surface area (Å²) in [6.07, 6.45) is 2.04. The van der Waals surface area contributed by atoms with E-state index < -0.39 is 5.54 Å². The van der Waals surface area contributed by atoms with E-state index in [1.54, 1.807) is 0 Å². The Bertz CT molecular complexity index is 1360. The second-order valence-electron chi connectivity index (χ2n) is 10.2. The van der Waals surface area contributed by atoms with Gasteiger partial charge in [-0.1, -0.05) is 78.9 Å². The first-order chi connectivity index (χ1) is 18.1. The molecular weight excluding hydrogens is 460 g/mol. The van der Waals surface area contributed by atoms with E-state index in [0.717, 1.165) is 37.1 Å². The summed E-state index contributed by atoms with van der Waals surface area (Å²) in [6.45, 7) is 3.22. The van der Waals surface area contributed by atoms with Gasteiger partial charge >= 0.3 is 6.03 Å². The van der Waals surface area contributed by atoms with Crippen LogP contribution in [0.3, 0.4) is 0 Å². The van der Waals surface area contributed by atoms with Crippen LogP contribution in [0.1, 0.15) is 29.7 Å². The summed E-state index contributed by atoms with van der Waals surface area (Å²) >= 11 is 0. The minimum Gasteiger partial charge on any atom is -0.357 e. The number of rotatable bonds is 7. The minimum atomic E-state index is -0.766. The molecule has 2 aliphatic rings. The number of amides is 3. The molecule has 0 unspecified atom stereocenters. The van der Waals surface area contributed by atoms with E-state index >= 15 is 0 Å². The van der Waals surface area contributed by atoms with Gasteiger partial charge in [0.1, 0.15) is 5.54 Å². The number of likely N-dealkylation sites (tertiary alicyclic amines) is 1. The molecule has 0 radical (unpaired) electrons. The van der Waals surface area contributed by atoms with Crippen LogP contribution in [-0.4, -0.2) is 56.8 Å². The molecule has 3 amide bonds. The highest BCUT2D eigenvalue weighted by Gasteiger charge is 2.57. The van der Waals surface area contributed by atoms with Gasteiger partial charge in [-0.2, -0.15) is 0 Å². The molecule has 2 aliphatic heterocycles. The Morgan fingerprint density at radius 2 is 1.41 bits per heavy atom. The Balaban J connectivity index is 1.21. The summed E-state index contributed by atoms with van der Waals surface area (Å²) in [7, 11) is 0. The highest BCUT2D eigenvalue weighted by atomic mass is 16.2. The molecule has 4 aromatic rings. The van der Waals surface area contributed by atoms with Crippen molar-refractivity contribution in [1.29, 1.82) is 0 Å². The smallest absolute Gasteiger partial charge is 0.328 e. The van der Waals surface area contributed by atoms with Crippen LogP contribution in [0.4, 0.5) is 4.79 Å². The van der Waals surface area contributed by atoms with Crippen LogP contribution in [0.2, 0.25) is 0 Å². The second-order valence-corrected chi connectivity index (χ2v) is 10.2. The molecule has 0 aliphatic carbocycles. The maximum Gasteiger partial charge on any atom is 0.328 e. The van der Waals surface area contributed by atoms with Crippen LogP contribution in [0.5, 0.6) is 0 Å². The lowest BCUT2D eigenvalue weighted by molar-refractivity contribution is -0.136. The average Bonchev–Trinajstić information content (AvgIpc) is 3.42. The van der Waals surface area contributed by atoms with Crippen molar-refractivity contribution in [3.63, 3.8) is 0 Å². The Morgan fingerprint density at radius 1 is 0.757 bits per heavy atom. The molecule has 0 bridgehead atoms. The van der Waals surface area contributed by atoms with Crippen molar-refractivity contribution < 1.29 is 9.59 Å². The summed E-state index contributed by atoms with van der Waals surface area (Å²) in [4.78, 5) is 36.9. The van der Waals surface area contributed by atoms with Crippen molar-refractivity contribution >= 4 is 22.8 Å². The summed E-state index contributed by atoms with van der Waals surface area (Å²) in [6, 6.07) is 30.4. The number of nitrogens with one attached hydrogen (secondary N) is 1. The van der Waals surface area contributed by atoms with E-state index in [9.17, 15) is 9.59 Å². The maximum atomic E-state index is 13.9. The number of hydrogen-bond acceptors (Lipinski definition) is 3. The lowest BCUT2D eigenvalue weighted by Crippen LogP contribution is -2.56. The maximum absolute atomic E-state index is 13.9. The van der Waals surface area contributed by atoms with Crippen LogP contribution >= 0.6 is 0 Å². The first-order valence-corrected chi connectivity index (χ1v) is 13.1. The van der Waals surface area contributed by atoms with Crippen LogP contribution in [0.25, 0.3) is 10.9 Å². The molecule has 188 valence electrons. The number of urea groups is 1. The topological polar surface area (TPSA) is 59.7 Å². The SMILES string of the molecule is O=C1N(Cc2ccccc2)C(=O)C2(CCN(Cc3cc4ccccc4[nH]3)CC2)N1CCc1ccccc1. The summed E-state index contributed by atoms with van der Waals surface area (Å²) in [5, 5.41) is 1.21. The van der Waals surface area contributed by atoms with Crippen LogP contribution in [-0.2, 0) is 24.3 Å². The average molecular weight is 493 g/mol. The number of carbonyl (C=O) groups is 2. The predicted octanol–water partition coefficient (Wildman–Crippen LogP) is 5.21. The quantitative estimate of drug-likeness (QED) is 0.360. The number of aromatic nitrogens is 1. The number of carbonyl (C=O) groups excluding carboxylic acids is 2. The molecule has 3 aromatic carbocycles. The fraction of sp³-hybridized carbons (Fsp3) is 0.290. The van der Waals surface area contributed by atoms with Gasteiger partial charge in [0.15, 0.2) is 0 Å². The van der Waals surface area contributed by atoms with Crippen molar-refractivity contribution in [1.82, 2.24) is 19.7 Å². The highest BCUT2D eigenvalue weighted by molar-refractivity contribution is 6.07. The predicted molar refractivity (Wildman–Crippen MR) is 145 cm³/mol. The highest BCUT2D eigenvalue weighted by Crippen LogP contribution is 2.38. The molecule has 1 N–H and O–H groups in total. The van der Waals surface area contributed by atoms with Gasteiger partial charge in [0.05, 0.1) is 6.54 Å². The normalized spacial score (nSPS) is 17.8. The van der Waals surface area contributed by atoms with Crippen molar-refractivity contribution in [3.05, 3.63) is 108 Å². The minimum absolute atomic E-state index is 0.0420. The van der Waals surface area contributed by atoms with Gasteiger partial charge in [-0.05, 0) is 47.9 Å². The van der Waals surface area contributed by atoms with E-state index in [-0.39, 0.29) is 11.9 Å². The Hall–Kier alpha value is -3.90. The van der Waals surface area contributed by atoms with Gasteiger partial charge in [0.25, 0.3) is 5.91 Å². The Labute approximate surface area is 217 Å². The molecule has 2 saturated heterocycles. The van der Waals surface area contributed by atoms with Gasteiger partial charge in [-0.3, -0.25) is 14.6 Å². The molecule has 37 heavy (non-hydrogen) atoms. The number of nitrogens with zero attached hydrogens (tertiary/aromatic N) is 3. The summed E-state index contributed by atoms with van der Waals surface area (Å²) < 4.78 is 0. The number of hydrogen-bond donors (Lipinski definition) is 1. The standard InChI is InChI=1S/C31H32N4O2/c36-29-31(16-19-33(20-17-31)23-27-21-26-13-7-8-14-28(26)32-27)35(18-15-24-9-3-1-4-10-24)30(37)34(29)22-25-11-5-2-6-12-25/h1-14,21,32H,15-20,22-23H2. The molecule has 2 fully saturated rings. The number of H-pyrrole nitrogens is 1. The number of benzene rings is 3. The number of fused-ring (bicyclic) bond motifs is 1. The van der Waals surface area contributed by atoms with E-state index in [4.69, 9.17) is 0 Å². The third kappa shape index (κ3) is 4.53. The molecule has 6 heteroatoms. The van der Waals surface area contributed by atoms with Gasteiger partial charge < -0.3 is 9.88 Å². The van der Waals surface area contributed by atoms with Crippen molar-refractivity contribution in [2.45, 2.75) is 37.9 Å². The van der Waals surface area contributed by atoms with Gasteiger partial charge in [0.2, 0.25) is 0 Å². The first-order valence-electron chi connectivity index (χ1n) is 13.1. The molecule has 3 heterocycles. The van der Waals surface area contributed by atoms with E-state index in [1.165, 1.54) is 21.5 Å². The lowest BCUT2D eigenvalue weighted by atomic mass is 9.85. The Kier molecular flexibility index (Phi) is 6.26. The van der Waals surface area contributed by atoms with E-state index in [1.807, 2.05) is 59.5 Å². The van der Waals surface area contributed by atoms with Crippen LogP contribution < -0.4 is 0 Å². The van der Waals surface area contributed by atoms with Crippen LogP contribution in [0.15, 0.2) is 91.0 Å². The van der Waals surface area contributed by atoms with Crippen molar-refractivity contribution in [3.8, 4) is 0 Å². The monoisotopic (exact) mass is 492 g/mol. The molecule has 6 nitrogen and oxygen atoms in total. The lowest BCUT2D eigenvalue weighted by Gasteiger charge is -2.42. The Morgan fingerprint density at radius 3 is 2.11 bits per heavy atom. The molecule has 1 spiro atoms.